The minimum Gasteiger partial charge on any atom is -0.508 e. The van der Waals surface area contributed by atoms with Crippen molar-refractivity contribution >= 4 is 35.4 Å². The van der Waals surface area contributed by atoms with Crippen LogP contribution in [0.2, 0.25) is 0 Å². The molecule has 2 fully saturated rings. The van der Waals surface area contributed by atoms with Crippen LogP contribution < -0.4 is 38.1 Å². The van der Waals surface area contributed by atoms with Crippen molar-refractivity contribution in [2.24, 2.45) is 17.4 Å². The van der Waals surface area contributed by atoms with Crippen molar-refractivity contribution in [2.75, 3.05) is 26.4 Å². The summed E-state index contributed by atoms with van der Waals surface area (Å²) in [5, 5.41) is 104. The summed E-state index contributed by atoms with van der Waals surface area (Å²) in [5.41, 5.74) is 12.8. The van der Waals surface area contributed by atoms with Crippen LogP contribution in [0.1, 0.15) is 38.3 Å². The van der Waals surface area contributed by atoms with Crippen molar-refractivity contribution in [2.45, 2.75) is 138 Å². The summed E-state index contributed by atoms with van der Waals surface area (Å²) in [7, 11) is 0. The van der Waals surface area contributed by atoms with E-state index in [4.69, 9.17) is 30.4 Å². The number of ether oxygens (including phenoxy) is 4. The number of hydrogen-bond acceptors (Lipinski definition) is 20. The normalized spacial score (nSPS) is 26.9. The van der Waals surface area contributed by atoms with E-state index in [-0.39, 0.29) is 30.9 Å². The molecule has 0 spiro atoms. The van der Waals surface area contributed by atoms with Crippen LogP contribution in [-0.2, 0) is 60.6 Å². The number of phenols is 1. The summed E-state index contributed by atoms with van der Waals surface area (Å²) < 4.78 is 21.8. The predicted octanol–water partition coefficient (Wildman–Crippen LogP) is -6.89. The van der Waals surface area contributed by atoms with Gasteiger partial charge >= 0.3 is 0 Å². The van der Waals surface area contributed by atoms with E-state index >= 15 is 0 Å². The van der Waals surface area contributed by atoms with E-state index in [1.54, 1.807) is 56.3 Å². The van der Waals surface area contributed by atoms with Gasteiger partial charge in [-0.1, -0.05) is 56.3 Å². The maximum atomic E-state index is 14.0. The first-order valence-corrected chi connectivity index (χ1v) is 22.8. The van der Waals surface area contributed by atoms with E-state index in [0.717, 1.165) is 0 Å². The first kappa shape index (κ1) is 58.1. The minimum absolute atomic E-state index is 0.00959. The minimum atomic E-state index is -1.94. The van der Waals surface area contributed by atoms with Crippen LogP contribution in [0, 0.1) is 5.92 Å². The van der Waals surface area contributed by atoms with Gasteiger partial charge in [-0.2, -0.15) is 0 Å². The lowest BCUT2D eigenvalue weighted by atomic mass is 9.98. The molecule has 0 aliphatic carbocycles. The molecule has 71 heavy (non-hydrogen) atoms. The topological polar surface area (TPSA) is 434 Å². The fraction of sp³-hybridized carbons (Fsp3) is 0.600. The molecule has 2 aromatic rings. The smallest absolute Gasteiger partial charge is 0.245 e. The van der Waals surface area contributed by atoms with Gasteiger partial charge in [0.2, 0.25) is 35.4 Å². The van der Waals surface area contributed by atoms with Crippen molar-refractivity contribution in [3.05, 3.63) is 65.7 Å². The van der Waals surface area contributed by atoms with E-state index < -0.39 is 160 Å². The van der Waals surface area contributed by atoms with E-state index in [1.807, 2.05) is 0 Å². The lowest BCUT2D eigenvalue weighted by Crippen LogP contribution is -2.62. The third-order valence-corrected chi connectivity index (χ3v) is 11.5. The summed E-state index contributed by atoms with van der Waals surface area (Å²) in [6, 6.07) is 7.29. The van der Waals surface area contributed by atoms with Crippen LogP contribution in [0.25, 0.3) is 0 Å². The number of carbonyl (C=O) groups is 6. The molecule has 16 atom stereocenters. The highest BCUT2D eigenvalue weighted by molar-refractivity contribution is 5.95. The van der Waals surface area contributed by atoms with Gasteiger partial charge in [0.05, 0.1) is 38.5 Å². The first-order chi connectivity index (χ1) is 33.5. The van der Waals surface area contributed by atoms with Crippen LogP contribution in [0.15, 0.2) is 54.6 Å². The maximum Gasteiger partial charge on any atom is 0.245 e. The molecule has 0 aromatic heterocycles. The number of aromatic hydroxyl groups is 1. The maximum absolute atomic E-state index is 14.0. The van der Waals surface area contributed by atoms with E-state index in [0.29, 0.717) is 11.1 Å². The Morgan fingerprint density at radius 1 is 0.648 bits per heavy atom. The molecule has 0 unspecified atom stereocenters. The van der Waals surface area contributed by atoms with Gasteiger partial charge in [0.25, 0.3) is 0 Å². The van der Waals surface area contributed by atoms with Crippen LogP contribution in [0.5, 0.6) is 5.75 Å². The monoisotopic (exact) mass is 1010 g/mol. The number of aliphatic hydroxyl groups is 8. The highest BCUT2D eigenvalue weighted by Crippen LogP contribution is 2.26. The van der Waals surface area contributed by atoms with E-state index in [9.17, 15) is 74.7 Å². The Morgan fingerprint density at radius 3 is 1.77 bits per heavy atom. The zero-order valence-electron chi connectivity index (χ0n) is 39.2. The van der Waals surface area contributed by atoms with Crippen LogP contribution in [-0.4, -0.2) is 205 Å². The summed E-state index contributed by atoms with van der Waals surface area (Å²) in [5.74, 6) is -5.80. The lowest BCUT2D eigenvalue weighted by molar-refractivity contribution is -0.331. The SMILES string of the molecule is CC(C)C[C@H](NC(=O)[C@H](Cc1ccccc1)NC(=O)CNC(=O)[C@H](NC(=O)[C@@H](N)Cc1ccc(O)cc1)[C@H](C)O)C(=O)N[C@@H](CO[C@@H]1O[C@H](CO[C@H]2O[C@H](CO)[C@H](O)[C@H](O)[C@H]2O)[C@@H](O)[C@H](O)[C@H]1O)C(N)=O. The molecule has 396 valence electrons. The molecule has 2 aromatic carbocycles. The summed E-state index contributed by atoms with van der Waals surface area (Å²) >= 11 is 0. The van der Waals surface area contributed by atoms with Gasteiger partial charge < -0.3 is 103 Å². The fourth-order valence-corrected chi connectivity index (χ4v) is 7.45. The number of carbonyl (C=O) groups excluding carboxylic acids is 6. The molecule has 6 amide bonds. The standard InChI is InChI=1S/C45H67N7O19/c1-20(2)13-26(41(65)51-28(39(47)63)18-68-44-38(62)36(60)34(58)30(71-44)19-69-45-37(61)35(59)33(57)29(17-53)70-45)50-42(66)27(15-22-7-5-4-6-8-22)49-31(56)16-48-43(67)32(21(3)54)52-40(64)25(46)14-23-9-11-24(55)12-10-23/h4-12,20-21,25-30,32-38,44-45,53-55,57-62H,13-19,46H2,1-3H3,(H2,47,63)(H,48,67)(H,49,56)(H,50,66)(H,51,65)(H,52,64)/t21-,25-,26-,27-,28-,29+,30+,32+,33-,34+,35-,36-,37+,38+,44+,45-/m0/s1. The number of nitrogens with one attached hydrogen (secondary N) is 5. The molecule has 0 saturated carbocycles. The Kier molecular flexibility index (Phi) is 22.4. The molecule has 26 heteroatoms. The molecule has 0 bridgehead atoms. The van der Waals surface area contributed by atoms with E-state index in [1.165, 1.54) is 19.1 Å². The molecule has 4 rings (SSSR count). The number of hydrogen-bond donors (Lipinski definition) is 16. The molecule has 2 aliphatic heterocycles. The molecule has 18 N–H and O–H groups in total. The zero-order valence-corrected chi connectivity index (χ0v) is 39.2. The predicted molar refractivity (Wildman–Crippen MR) is 243 cm³/mol. The van der Waals surface area contributed by atoms with Crippen LogP contribution in [0.4, 0.5) is 0 Å². The second-order valence-electron chi connectivity index (χ2n) is 17.8. The number of aliphatic hydroxyl groups excluding tert-OH is 8. The third-order valence-electron chi connectivity index (χ3n) is 11.5. The van der Waals surface area contributed by atoms with Gasteiger partial charge in [-0.3, -0.25) is 28.8 Å². The van der Waals surface area contributed by atoms with Crippen molar-refractivity contribution in [3.8, 4) is 5.75 Å². The van der Waals surface area contributed by atoms with Gasteiger partial charge in [0.1, 0.15) is 78.7 Å². The summed E-state index contributed by atoms with van der Waals surface area (Å²) in [6.45, 7) is 1.75. The van der Waals surface area contributed by atoms with Gasteiger partial charge in [-0.15, -0.1) is 0 Å². The van der Waals surface area contributed by atoms with Gasteiger partial charge in [-0.25, -0.2) is 0 Å². The summed E-state index contributed by atoms with van der Waals surface area (Å²) in [6.07, 6.45) is -18.8. The number of rotatable bonds is 25. The molecule has 0 radical (unpaired) electrons. The second-order valence-corrected chi connectivity index (χ2v) is 17.8. The van der Waals surface area contributed by atoms with Gasteiger partial charge in [0.15, 0.2) is 12.6 Å². The molecule has 26 nitrogen and oxygen atoms in total. The second kappa shape index (κ2) is 27.4. The molecule has 2 saturated heterocycles. The van der Waals surface area contributed by atoms with Crippen molar-refractivity contribution in [3.63, 3.8) is 0 Å². The highest BCUT2D eigenvalue weighted by atomic mass is 16.7. The average Bonchev–Trinajstić information content (AvgIpc) is 3.32. The van der Waals surface area contributed by atoms with Crippen molar-refractivity contribution < 1.29 is 93.7 Å². The largest absolute Gasteiger partial charge is 0.508 e. The zero-order chi connectivity index (χ0) is 52.7. The number of primary amides is 1. The number of nitrogens with two attached hydrogens (primary N) is 2. The van der Waals surface area contributed by atoms with Gasteiger partial charge in [-0.05, 0) is 48.9 Å². The molecule has 2 aliphatic rings. The third kappa shape index (κ3) is 17.1. The van der Waals surface area contributed by atoms with Crippen LogP contribution in [0.3, 0.4) is 0 Å². The Labute approximate surface area is 408 Å². The van der Waals surface area contributed by atoms with Crippen molar-refractivity contribution in [1.29, 1.82) is 0 Å². The Balaban J connectivity index is 1.39. The fourth-order valence-electron chi connectivity index (χ4n) is 7.45. The van der Waals surface area contributed by atoms with Crippen LogP contribution >= 0.6 is 0 Å². The first-order valence-electron chi connectivity index (χ1n) is 22.8. The number of benzene rings is 2. The number of phenolic OH excluding ortho intramolecular Hbond substituents is 1. The van der Waals surface area contributed by atoms with Gasteiger partial charge in [0, 0.05) is 6.42 Å². The van der Waals surface area contributed by atoms with Crippen molar-refractivity contribution in [1.82, 2.24) is 26.6 Å². The lowest BCUT2D eigenvalue weighted by Gasteiger charge is -2.42. The molecule has 2 heterocycles. The number of amides is 6. The quantitative estimate of drug-likeness (QED) is 0.0439. The Morgan fingerprint density at radius 2 is 1.20 bits per heavy atom. The molecular weight excluding hydrogens is 943 g/mol. The highest BCUT2D eigenvalue weighted by Gasteiger charge is 2.48. The summed E-state index contributed by atoms with van der Waals surface area (Å²) in [4.78, 5) is 79.8. The average molecular weight is 1010 g/mol. The Bertz CT molecular complexity index is 2050. The molecular formula is C45H67N7O19. The van der Waals surface area contributed by atoms with E-state index in [2.05, 4.69) is 26.6 Å². The Hall–Kier alpha value is -5.46.